The second-order valence-corrected chi connectivity index (χ2v) is 3.35. The number of rotatable bonds is 1. The molecule has 0 aliphatic carbocycles. The van der Waals surface area contributed by atoms with Gasteiger partial charge < -0.3 is 0 Å². The molecule has 63 valence electrons. The normalized spacial score (nSPS) is 10.5. The van der Waals surface area contributed by atoms with Crippen molar-refractivity contribution in [2.75, 3.05) is 0 Å². The van der Waals surface area contributed by atoms with Crippen LogP contribution in [-0.4, -0.2) is 40.3 Å². The molecule has 0 spiro atoms. The van der Waals surface area contributed by atoms with E-state index in [0.29, 0.717) is 0 Å². The molecule has 1 radical (unpaired) electrons. The predicted octanol–water partition coefficient (Wildman–Crippen LogP) is 0.692. The molecular formula is C6H5FO3STl. The van der Waals surface area contributed by atoms with Crippen LogP contribution in [0.1, 0.15) is 0 Å². The van der Waals surface area contributed by atoms with Gasteiger partial charge in [0, 0.05) is 27.3 Å². The summed E-state index contributed by atoms with van der Waals surface area (Å²) >= 11 is 0. The molecule has 1 aromatic rings. The van der Waals surface area contributed by atoms with Gasteiger partial charge in [-0.15, -0.1) is 0 Å². The van der Waals surface area contributed by atoms with Gasteiger partial charge in [0.1, 0.15) is 5.82 Å². The van der Waals surface area contributed by atoms with Crippen molar-refractivity contribution < 1.29 is 17.4 Å². The molecule has 0 fully saturated rings. The Morgan fingerprint density at radius 1 is 1.17 bits per heavy atom. The minimum atomic E-state index is -4.19. The van der Waals surface area contributed by atoms with Gasteiger partial charge in [0.15, 0.2) is 0 Å². The summed E-state index contributed by atoms with van der Waals surface area (Å²) in [5.74, 6) is -0.544. The van der Waals surface area contributed by atoms with Crippen LogP contribution in [0.3, 0.4) is 0 Å². The number of hydrogen-bond donors (Lipinski definition) is 1. The van der Waals surface area contributed by atoms with E-state index in [-0.39, 0.29) is 32.2 Å². The molecule has 0 atom stereocenters. The summed E-state index contributed by atoms with van der Waals surface area (Å²) in [4.78, 5) is -0.307. The van der Waals surface area contributed by atoms with E-state index in [1.807, 2.05) is 0 Å². The maximum atomic E-state index is 12.2. The predicted molar refractivity (Wildman–Crippen MR) is 42.0 cm³/mol. The molecule has 0 aromatic heterocycles. The standard InChI is InChI=1S/C6H5FO3S.Tl/c7-5-1-3-6(4-2-5)11(8,9)10;/h1-4H,(H,8,9,10);. The molecule has 0 aliphatic heterocycles. The average Bonchev–Trinajstić information content (AvgIpc) is 1.86. The SMILES string of the molecule is O=S(=O)(O)c1ccc(F)cc1.[Tl]. The Labute approximate surface area is 89.5 Å². The minimum Gasteiger partial charge on any atom is -0.282 e. The summed E-state index contributed by atoms with van der Waals surface area (Å²) in [6.45, 7) is 0. The van der Waals surface area contributed by atoms with Crippen LogP contribution in [0, 0.1) is 5.82 Å². The van der Waals surface area contributed by atoms with Crippen LogP contribution in [0.25, 0.3) is 0 Å². The van der Waals surface area contributed by atoms with E-state index >= 15 is 0 Å². The van der Waals surface area contributed by atoms with Crippen molar-refractivity contribution in [1.29, 1.82) is 0 Å². The first-order valence-electron chi connectivity index (χ1n) is 2.73. The van der Waals surface area contributed by atoms with Crippen molar-refractivity contribution in [3.8, 4) is 0 Å². The Balaban J connectivity index is 0.00000121. The molecule has 0 amide bonds. The van der Waals surface area contributed by atoms with Gasteiger partial charge in [0.2, 0.25) is 0 Å². The monoisotopic (exact) mass is 381 g/mol. The zero-order valence-corrected chi connectivity index (χ0v) is 11.2. The topological polar surface area (TPSA) is 54.4 Å². The molecule has 1 rings (SSSR count). The Kier molecular flexibility index (Phi) is 4.28. The van der Waals surface area contributed by atoms with Gasteiger partial charge in [-0.2, -0.15) is 8.42 Å². The van der Waals surface area contributed by atoms with Crippen molar-refractivity contribution >= 4 is 37.4 Å². The molecule has 0 heterocycles. The second-order valence-electron chi connectivity index (χ2n) is 1.93. The fraction of sp³-hybridized carbons (Fsp3) is 0. The van der Waals surface area contributed by atoms with Gasteiger partial charge in [0.25, 0.3) is 10.1 Å². The number of halogens is 1. The maximum Gasteiger partial charge on any atom is 0.294 e. The molecule has 3 nitrogen and oxygen atoms in total. The molecule has 0 saturated heterocycles. The summed E-state index contributed by atoms with van der Waals surface area (Å²) in [7, 11) is -4.19. The van der Waals surface area contributed by atoms with E-state index in [1.165, 1.54) is 0 Å². The first kappa shape index (κ1) is 12.0. The molecule has 12 heavy (non-hydrogen) atoms. The summed E-state index contributed by atoms with van der Waals surface area (Å²) in [6.07, 6.45) is 0. The zero-order chi connectivity index (χ0) is 8.48. The van der Waals surface area contributed by atoms with Gasteiger partial charge in [-0.3, -0.25) is 4.55 Å². The first-order chi connectivity index (χ1) is 5.00. The number of hydrogen-bond acceptors (Lipinski definition) is 2. The van der Waals surface area contributed by atoms with Crippen LogP contribution < -0.4 is 0 Å². The van der Waals surface area contributed by atoms with Gasteiger partial charge in [-0.25, -0.2) is 4.39 Å². The molecule has 0 aliphatic rings. The minimum absolute atomic E-state index is 0. The molecule has 6 heteroatoms. The molecule has 1 aromatic carbocycles. The van der Waals surface area contributed by atoms with E-state index in [1.54, 1.807) is 0 Å². The van der Waals surface area contributed by atoms with E-state index in [4.69, 9.17) is 4.55 Å². The van der Waals surface area contributed by atoms with Crippen molar-refractivity contribution in [2.24, 2.45) is 0 Å². The van der Waals surface area contributed by atoms with Gasteiger partial charge in [0.05, 0.1) is 4.90 Å². The smallest absolute Gasteiger partial charge is 0.282 e. The Morgan fingerprint density at radius 2 is 1.58 bits per heavy atom. The van der Waals surface area contributed by atoms with E-state index < -0.39 is 15.9 Å². The van der Waals surface area contributed by atoms with Crippen LogP contribution in [0.5, 0.6) is 0 Å². The van der Waals surface area contributed by atoms with Gasteiger partial charge >= 0.3 is 0 Å². The second kappa shape index (κ2) is 4.28. The largest absolute Gasteiger partial charge is 0.294 e. The third-order valence-corrected chi connectivity index (χ3v) is 1.98. The maximum absolute atomic E-state index is 12.2. The fourth-order valence-electron chi connectivity index (χ4n) is 0.607. The molecule has 0 unspecified atom stereocenters. The molecule has 0 bridgehead atoms. The first-order valence-corrected chi connectivity index (χ1v) is 4.17. The van der Waals surface area contributed by atoms with Crippen molar-refractivity contribution in [2.45, 2.75) is 4.90 Å². The molecule has 1 N–H and O–H groups in total. The van der Waals surface area contributed by atoms with E-state index in [0.717, 1.165) is 24.3 Å². The molecule has 0 saturated carbocycles. The van der Waals surface area contributed by atoms with Crippen LogP contribution in [0.15, 0.2) is 29.2 Å². The third kappa shape index (κ3) is 3.15. The number of benzene rings is 1. The third-order valence-electron chi connectivity index (χ3n) is 1.11. The van der Waals surface area contributed by atoms with Crippen LogP contribution in [0.2, 0.25) is 0 Å². The quantitative estimate of drug-likeness (QED) is 0.576. The summed E-state index contributed by atoms with van der Waals surface area (Å²) in [6, 6.07) is 3.90. The Bertz CT molecular complexity index is 346. The van der Waals surface area contributed by atoms with Crippen LogP contribution in [0.4, 0.5) is 4.39 Å². The molecular weight excluding hydrogens is 376 g/mol. The summed E-state index contributed by atoms with van der Waals surface area (Å²) in [5, 5.41) is 0. The summed E-state index contributed by atoms with van der Waals surface area (Å²) in [5.41, 5.74) is 0. The average molecular weight is 381 g/mol. The zero-order valence-electron chi connectivity index (χ0n) is 5.94. The van der Waals surface area contributed by atoms with E-state index in [2.05, 4.69) is 0 Å². The van der Waals surface area contributed by atoms with E-state index in [9.17, 15) is 12.8 Å². The Morgan fingerprint density at radius 3 is 1.92 bits per heavy atom. The van der Waals surface area contributed by atoms with Crippen molar-refractivity contribution in [3.05, 3.63) is 30.1 Å². The van der Waals surface area contributed by atoms with Crippen molar-refractivity contribution in [1.82, 2.24) is 0 Å². The van der Waals surface area contributed by atoms with Gasteiger partial charge in [-0.1, -0.05) is 0 Å². The van der Waals surface area contributed by atoms with Crippen LogP contribution >= 0.6 is 0 Å². The van der Waals surface area contributed by atoms with Crippen molar-refractivity contribution in [3.63, 3.8) is 0 Å². The summed E-state index contributed by atoms with van der Waals surface area (Å²) < 4.78 is 41.4. The fourth-order valence-corrected chi connectivity index (χ4v) is 1.09. The van der Waals surface area contributed by atoms with Crippen LogP contribution in [-0.2, 0) is 10.1 Å². The Hall–Kier alpha value is -0.0179. The van der Waals surface area contributed by atoms with Gasteiger partial charge in [-0.05, 0) is 24.3 Å².